The highest BCUT2D eigenvalue weighted by molar-refractivity contribution is 6.34. The maximum Gasteiger partial charge on any atom is 0.408 e. The van der Waals surface area contributed by atoms with E-state index in [-0.39, 0.29) is 23.8 Å². The molecule has 0 spiro atoms. The van der Waals surface area contributed by atoms with Crippen LogP contribution in [0, 0.1) is 12.8 Å². The van der Waals surface area contributed by atoms with Gasteiger partial charge in [-0.15, -0.1) is 0 Å². The largest absolute Gasteiger partial charge is 0.444 e. The molecule has 2 aromatic carbocycles. The number of halogens is 1. The van der Waals surface area contributed by atoms with Gasteiger partial charge in [0, 0.05) is 6.04 Å². The van der Waals surface area contributed by atoms with Crippen LogP contribution in [0.4, 0.5) is 10.5 Å². The first kappa shape index (κ1) is 30.5. The number of carbonyl (C=O) groups is 3. The Labute approximate surface area is 237 Å². The van der Waals surface area contributed by atoms with Gasteiger partial charge in [-0.1, -0.05) is 68.8 Å². The highest BCUT2D eigenvalue weighted by atomic mass is 35.5. The highest BCUT2D eigenvalue weighted by Crippen LogP contribution is 2.36. The first-order valence-corrected chi connectivity index (χ1v) is 14.2. The molecule has 0 aliphatic heterocycles. The Morgan fingerprint density at radius 3 is 2.21 bits per heavy atom. The van der Waals surface area contributed by atoms with E-state index in [1.54, 1.807) is 31.7 Å². The number of alkyl carbamates (subject to hydrolysis) is 1. The number of hydrogen-bond donors (Lipinski definition) is 2. The summed E-state index contributed by atoms with van der Waals surface area (Å²) in [5.41, 5.74) is 2.47. The van der Waals surface area contributed by atoms with Crippen LogP contribution in [-0.4, -0.2) is 40.5 Å². The lowest BCUT2D eigenvalue weighted by Gasteiger charge is -2.44. The fraction of sp³-hybridized carbons (Fsp3) is 0.516. The summed E-state index contributed by atoms with van der Waals surface area (Å²) in [6, 6.07) is 11.3. The van der Waals surface area contributed by atoms with Crippen LogP contribution in [0.3, 0.4) is 0 Å². The molecule has 0 bridgehead atoms. The van der Waals surface area contributed by atoms with Crippen LogP contribution in [0.1, 0.15) is 83.5 Å². The number of aryl methyl sites for hydroxylation is 2. The lowest BCUT2D eigenvalue weighted by atomic mass is 9.87. The van der Waals surface area contributed by atoms with Gasteiger partial charge in [0.25, 0.3) is 5.91 Å². The molecule has 39 heavy (non-hydrogen) atoms. The van der Waals surface area contributed by atoms with Crippen LogP contribution < -0.4 is 10.6 Å². The second-order valence-electron chi connectivity index (χ2n) is 11.6. The van der Waals surface area contributed by atoms with Crippen molar-refractivity contribution in [3.05, 3.63) is 64.2 Å². The molecule has 0 aromatic heterocycles. The minimum absolute atomic E-state index is 0.131. The standard InChI is InChI=1S/C31H42ClN3O4/c1-8-21-15-17-22(18-16-21)27(28(36)33-26-20(4)11-9-14-24(26)32)35(23-12-10-13-23)29(37)25(19(2)3)34-30(38)39-31(5,6)7/h9,11,14-19,23,25,27H,8,10,12-13H2,1-7H3,(H,33,36)(H,34,38). The van der Waals surface area contributed by atoms with Crippen LogP contribution in [0.25, 0.3) is 0 Å². The van der Waals surface area contributed by atoms with Gasteiger partial charge in [-0.25, -0.2) is 4.79 Å². The molecular weight excluding hydrogens is 514 g/mol. The normalized spacial score (nSPS) is 15.2. The zero-order valence-electron chi connectivity index (χ0n) is 24.1. The Morgan fingerprint density at radius 1 is 1.08 bits per heavy atom. The van der Waals surface area contributed by atoms with E-state index in [9.17, 15) is 14.4 Å². The number of nitrogens with one attached hydrogen (secondary N) is 2. The van der Waals surface area contributed by atoms with Crippen molar-refractivity contribution in [2.45, 2.75) is 97.9 Å². The molecule has 0 radical (unpaired) electrons. The lowest BCUT2D eigenvalue weighted by Crippen LogP contribution is -2.58. The molecule has 1 fully saturated rings. The van der Waals surface area contributed by atoms with Gasteiger partial charge in [-0.2, -0.15) is 0 Å². The van der Waals surface area contributed by atoms with Gasteiger partial charge in [-0.05, 0) is 82.1 Å². The van der Waals surface area contributed by atoms with Crippen LogP contribution in [0.5, 0.6) is 0 Å². The number of amides is 3. The Kier molecular flexibility index (Phi) is 10.1. The maximum atomic E-state index is 14.3. The Morgan fingerprint density at radius 2 is 1.72 bits per heavy atom. The summed E-state index contributed by atoms with van der Waals surface area (Å²) in [6.45, 7) is 13.0. The zero-order chi connectivity index (χ0) is 28.9. The molecule has 7 nitrogen and oxygen atoms in total. The summed E-state index contributed by atoms with van der Waals surface area (Å²) in [5, 5.41) is 6.22. The average molecular weight is 556 g/mol. The number of rotatable bonds is 9. The topological polar surface area (TPSA) is 87.7 Å². The van der Waals surface area contributed by atoms with Crippen molar-refractivity contribution in [2.75, 3.05) is 5.32 Å². The Balaban J connectivity index is 2.05. The minimum atomic E-state index is -0.911. The molecule has 2 N–H and O–H groups in total. The molecule has 1 aliphatic rings. The Hall–Kier alpha value is -3.06. The fourth-order valence-electron chi connectivity index (χ4n) is 4.65. The quantitative estimate of drug-likeness (QED) is 0.355. The zero-order valence-corrected chi connectivity index (χ0v) is 24.9. The van der Waals surface area contributed by atoms with Crippen molar-refractivity contribution in [3.8, 4) is 0 Å². The first-order chi connectivity index (χ1) is 18.3. The predicted molar refractivity (Wildman–Crippen MR) is 156 cm³/mol. The Bertz CT molecular complexity index is 1150. The number of hydrogen-bond acceptors (Lipinski definition) is 4. The summed E-state index contributed by atoms with van der Waals surface area (Å²) < 4.78 is 5.46. The third kappa shape index (κ3) is 7.75. The molecule has 0 saturated heterocycles. The highest BCUT2D eigenvalue weighted by Gasteiger charge is 2.43. The summed E-state index contributed by atoms with van der Waals surface area (Å²) in [7, 11) is 0. The fourth-order valence-corrected chi connectivity index (χ4v) is 4.92. The van der Waals surface area contributed by atoms with Gasteiger partial charge in [0.2, 0.25) is 5.91 Å². The van der Waals surface area contributed by atoms with Crippen LogP contribution in [0.15, 0.2) is 42.5 Å². The monoisotopic (exact) mass is 555 g/mol. The molecule has 2 atom stereocenters. The van der Waals surface area contributed by atoms with Gasteiger partial charge in [0.05, 0.1) is 10.7 Å². The van der Waals surface area contributed by atoms with E-state index < -0.39 is 23.8 Å². The molecule has 3 amide bonds. The third-order valence-electron chi connectivity index (χ3n) is 7.03. The van der Waals surface area contributed by atoms with E-state index in [1.165, 1.54) is 0 Å². The van der Waals surface area contributed by atoms with E-state index in [1.807, 2.05) is 57.2 Å². The summed E-state index contributed by atoms with van der Waals surface area (Å²) in [6.07, 6.45) is 2.72. The van der Waals surface area contributed by atoms with Gasteiger partial charge in [0.1, 0.15) is 17.7 Å². The smallest absolute Gasteiger partial charge is 0.408 e. The van der Waals surface area contributed by atoms with E-state index >= 15 is 0 Å². The lowest BCUT2D eigenvalue weighted by molar-refractivity contribution is -0.146. The van der Waals surface area contributed by atoms with E-state index in [2.05, 4.69) is 17.6 Å². The molecule has 212 valence electrons. The van der Waals surface area contributed by atoms with Crippen molar-refractivity contribution in [1.82, 2.24) is 10.2 Å². The van der Waals surface area contributed by atoms with Crippen molar-refractivity contribution >= 4 is 35.2 Å². The van der Waals surface area contributed by atoms with Crippen LogP contribution in [0.2, 0.25) is 5.02 Å². The molecule has 3 rings (SSSR count). The number of benzene rings is 2. The van der Waals surface area contributed by atoms with Crippen molar-refractivity contribution in [3.63, 3.8) is 0 Å². The predicted octanol–water partition coefficient (Wildman–Crippen LogP) is 6.82. The first-order valence-electron chi connectivity index (χ1n) is 13.8. The number of ether oxygens (including phenoxy) is 1. The SMILES string of the molecule is CCc1ccc(C(C(=O)Nc2c(C)cccc2Cl)N(C(=O)C(NC(=O)OC(C)(C)C)C(C)C)C2CCC2)cc1. The second kappa shape index (κ2) is 12.9. The number of para-hydroxylation sites is 1. The van der Waals surface area contributed by atoms with Crippen LogP contribution in [-0.2, 0) is 20.7 Å². The van der Waals surface area contributed by atoms with Crippen LogP contribution >= 0.6 is 11.6 Å². The van der Waals surface area contributed by atoms with Gasteiger partial charge in [0.15, 0.2) is 0 Å². The van der Waals surface area contributed by atoms with Crippen molar-refractivity contribution in [2.24, 2.45) is 5.92 Å². The van der Waals surface area contributed by atoms with Crippen molar-refractivity contribution < 1.29 is 19.1 Å². The summed E-state index contributed by atoms with van der Waals surface area (Å²) in [4.78, 5) is 42.8. The maximum absolute atomic E-state index is 14.3. The molecule has 2 aromatic rings. The van der Waals surface area contributed by atoms with Gasteiger partial charge in [-0.3, -0.25) is 9.59 Å². The minimum Gasteiger partial charge on any atom is -0.444 e. The van der Waals surface area contributed by atoms with Gasteiger partial charge >= 0.3 is 6.09 Å². The van der Waals surface area contributed by atoms with E-state index in [0.717, 1.165) is 36.8 Å². The molecule has 1 aliphatic carbocycles. The molecule has 8 heteroatoms. The molecular formula is C31H42ClN3O4. The van der Waals surface area contributed by atoms with Crippen molar-refractivity contribution in [1.29, 1.82) is 0 Å². The summed E-state index contributed by atoms with van der Waals surface area (Å²) >= 11 is 6.45. The van der Waals surface area contributed by atoms with E-state index in [0.29, 0.717) is 16.3 Å². The van der Waals surface area contributed by atoms with E-state index in [4.69, 9.17) is 16.3 Å². The molecule has 1 saturated carbocycles. The number of nitrogens with zero attached hydrogens (tertiary/aromatic N) is 1. The van der Waals surface area contributed by atoms with Gasteiger partial charge < -0.3 is 20.3 Å². The summed E-state index contributed by atoms with van der Waals surface area (Å²) in [5.74, 6) is -0.892. The second-order valence-corrected chi connectivity index (χ2v) is 12.0. The third-order valence-corrected chi connectivity index (χ3v) is 7.34. The number of carbonyl (C=O) groups excluding carboxylic acids is 3. The molecule has 0 heterocycles. The number of anilines is 1. The average Bonchev–Trinajstić information content (AvgIpc) is 2.82. The molecule has 2 unspecified atom stereocenters.